The zero-order valence-electron chi connectivity index (χ0n) is 42.5. The summed E-state index contributed by atoms with van der Waals surface area (Å²) >= 11 is 0. The van der Waals surface area contributed by atoms with Crippen molar-refractivity contribution in [1.82, 2.24) is 0 Å². The Morgan fingerprint density at radius 1 is 0.429 bits per heavy atom. The van der Waals surface area contributed by atoms with E-state index in [4.69, 9.17) is 9.84 Å². The average molecular weight is 893 g/mol. The third-order valence-electron chi connectivity index (χ3n) is 13.0. The fourth-order valence-electron chi connectivity index (χ4n) is 8.90. The minimum absolute atomic E-state index is 0.0992. The Morgan fingerprint density at radius 2 is 0.810 bits per heavy atom. The van der Waals surface area contributed by atoms with Gasteiger partial charge in [0.15, 0.2) is 0 Å². The molecule has 3 unspecified atom stereocenters. The number of ether oxygens (including phenoxy) is 1. The lowest BCUT2D eigenvalue weighted by atomic mass is 9.79. The minimum atomic E-state index is -0.927. The molecule has 0 amide bonds. The van der Waals surface area contributed by atoms with Crippen LogP contribution in [0.2, 0.25) is 0 Å². The van der Waals surface area contributed by atoms with E-state index < -0.39 is 29.7 Å². The number of carboxylic acids is 3. The van der Waals surface area contributed by atoms with Crippen LogP contribution in [0.1, 0.15) is 297 Å². The van der Waals surface area contributed by atoms with Gasteiger partial charge in [-0.15, -0.1) is 0 Å². The molecule has 0 aliphatic carbocycles. The quantitative estimate of drug-likeness (QED) is 0.0411. The molecule has 0 aromatic heterocycles. The molecular formula is C56H108O7. The first-order chi connectivity index (χ1) is 30.7. The van der Waals surface area contributed by atoms with Gasteiger partial charge in [0.05, 0.1) is 12.5 Å². The maximum atomic E-state index is 12.5. The van der Waals surface area contributed by atoms with Crippen LogP contribution in [-0.4, -0.2) is 46.4 Å². The molecule has 0 aromatic rings. The Kier molecular flexibility index (Phi) is 52.9. The average Bonchev–Trinajstić information content (AvgIpc) is 3.25. The third-order valence-corrected chi connectivity index (χ3v) is 13.0. The molecule has 0 heterocycles. The van der Waals surface area contributed by atoms with E-state index in [-0.39, 0.29) is 19.4 Å². The summed E-state index contributed by atoms with van der Waals surface area (Å²) in [5.74, 6) is -3.44. The predicted octanol–water partition coefficient (Wildman–Crippen LogP) is 18.1. The van der Waals surface area contributed by atoms with E-state index in [9.17, 15) is 24.6 Å². The largest absolute Gasteiger partial charge is 0.481 e. The van der Waals surface area contributed by atoms with E-state index in [0.717, 1.165) is 77.0 Å². The fourth-order valence-corrected chi connectivity index (χ4v) is 8.90. The van der Waals surface area contributed by atoms with Crippen molar-refractivity contribution >= 4 is 17.9 Å². The molecule has 0 fully saturated rings. The van der Waals surface area contributed by atoms with Crippen molar-refractivity contribution in [3.05, 3.63) is 12.2 Å². The Balaban J connectivity index is 0. The highest BCUT2D eigenvalue weighted by Crippen LogP contribution is 2.31. The van der Waals surface area contributed by atoms with E-state index in [2.05, 4.69) is 39.8 Å². The van der Waals surface area contributed by atoms with Crippen LogP contribution in [0.15, 0.2) is 12.2 Å². The molecule has 0 spiro atoms. The second-order valence-corrected chi connectivity index (χ2v) is 19.2. The molecule has 374 valence electrons. The summed E-state index contributed by atoms with van der Waals surface area (Å²) in [6.07, 6.45) is 53.2. The van der Waals surface area contributed by atoms with Gasteiger partial charge >= 0.3 is 17.9 Å². The summed E-state index contributed by atoms with van der Waals surface area (Å²) in [6, 6.07) is 0. The maximum absolute atomic E-state index is 12.5. The van der Waals surface area contributed by atoms with Gasteiger partial charge in [0.2, 0.25) is 0 Å². The molecule has 0 saturated heterocycles. The van der Waals surface area contributed by atoms with Crippen LogP contribution in [0.3, 0.4) is 0 Å². The normalized spacial score (nSPS) is 12.9. The van der Waals surface area contributed by atoms with Gasteiger partial charge in [-0.05, 0) is 56.8 Å². The number of carbonyl (C=O) groups is 3. The summed E-state index contributed by atoms with van der Waals surface area (Å²) in [6.45, 7) is 9.59. The van der Waals surface area contributed by atoms with Gasteiger partial charge in [-0.25, -0.2) is 0 Å². The summed E-state index contributed by atoms with van der Waals surface area (Å²) in [5, 5.41) is 28.9. The second kappa shape index (κ2) is 52.7. The minimum Gasteiger partial charge on any atom is -0.481 e. The topological polar surface area (TPSA) is 121 Å². The number of carboxylic acid groups (broad SMARTS) is 3. The molecule has 7 heteroatoms. The Morgan fingerprint density at radius 3 is 1.22 bits per heavy atom. The number of hydrogen-bond acceptors (Lipinski definition) is 4. The van der Waals surface area contributed by atoms with Crippen LogP contribution in [0.5, 0.6) is 0 Å². The Labute approximate surface area is 391 Å². The second-order valence-electron chi connectivity index (χ2n) is 19.2. The van der Waals surface area contributed by atoms with E-state index in [1.807, 2.05) is 0 Å². The molecule has 0 saturated carbocycles. The molecule has 63 heavy (non-hydrogen) atoms. The Hall–Kier alpha value is -1.89. The standard InChI is InChI=1S/C51H96O7.C5H12/c1-3-5-7-9-11-13-15-16-17-22-26-30-34-38-42-58-45-48(51(56)57)47(44-50(54)55)43-46(39-35-31-27-23-19-14-12-10-8-6-4-2)40-36-32-28-24-20-18-21-25-29-33-37-41-49(52)53;1-3-5-4-2/h23,27,46-48H,3-22,24-26,28-45H2,1-2H3,(H,52,53)(H,54,55)(H,56,57);3-5H2,1-2H3/b27-23-;. The molecule has 3 N–H and O–H groups in total. The number of allylic oxidation sites excluding steroid dienone is 2. The first-order valence-corrected chi connectivity index (χ1v) is 27.6. The zero-order valence-corrected chi connectivity index (χ0v) is 42.5. The smallest absolute Gasteiger partial charge is 0.309 e. The van der Waals surface area contributed by atoms with E-state index in [1.54, 1.807) is 0 Å². The summed E-state index contributed by atoms with van der Waals surface area (Å²) in [4.78, 5) is 35.2. The van der Waals surface area contributed by atoms with E-state index in [0.29, 0.717) is 18.9 Å². The molecule has 0 aromatic carbocycles. The molecule has 7 nitrogen and oxygen atoms in total. The first kappa shape index (κ1) is 63.2. The van der Waals surface area contributed by atoms with Crippen molar-refractivity contribution in [1.29, 1.82) is 0 Å². The molecule has 3 atom stereocenters. The van der Waals surface area contributed by atoms with Crippen molar-refractivity contribution in [2.24, 2.45) is 17.8 Å². The number of aliphatic carboxylic acids is 3. The zero-order chi connectivity index (χ0) is 46.7. The number of unbranched alkanes of at least 4 members (excludes halogenated alkanes) is 32. The highest BCUT2D eigenvalue weighted by atomic mass is 16.5. The number of hydrogen-bond donors (Lipinski definition) is 3. The lowest BCUT2D eigenvalue weighted by Gasteiger charge is -2.27. The molecule has 0 rings (SSSR count). The predicted molar refractivity (Wildman–Crippen MR) is 270 cm³/mol. The van der Waals surface area contributed by atoms with Gasteiger partial charge in [-0.1, -0.05) is 252 Å². The van der Waals surface area contributed by atoms with Crippen molar-refractivity contribution in [2.75, 3.05) is 13.2 Å². The van der Waals surface area contributed by atoms with Gasteiger partial charge in [0.25, 0.3) is 0 Å². The summed E-state index contributed by atoms with van der Waals surface area (Å²) < 4.78 is 5.96. The fraction of sp³-hybridized carbons (Fsp3) is 0.911. The van der Waals surface area contributed by atoms with Crippen molar-refractivity contribution < 1.29 is 34.4 Å². The van der Waals surface area contributed by atoms with Crippen molar-refractivity contribution in [2.45, 2.75) is 297 Å². The van der Waals surface area contributed by atoms with E-state index in [1.165, 1.54) is 173 Å². The molecule has 0 radical (unpaired) electrons. The monoisotopic (exact) mass is 893 g/mol. The van der Waals surface area contributed by atoms with Crippen LogP contribution >= 0.6 is 0 Å². The molecule has 0 aliphatic heterocycles. The SMILES string of the molecule is CCCCC.CCCCCCCC/C=C\CCCC(CCCCCCCCCCCCCC(=O)O)CC(CC(=O)O)C(COCCCCCCCCCCCCCCCC)C(=O)O. The van der Waals surface area contributed by atoms with Gasteiger partial charge in [-0.2, -0.15) is 0 Å². The van der Waals surface area contributed by atoms with Crippen LogP contribution in [0, 0.1) is 17.8 Å². The highest BCUT2D eigenvalue weighted by molar-refractivity contribution is 5.73. The maximum Gasteiger partial charge on any atom is 0.309 e. The Bertz CT molecular complexity index is 979. The van der Waals surface area contributed by atoms with Crippen LogP contribution in [-0.2, 0) is 19.1 Å². The van der Waals surface area contributed by atoms with Gasteiger partial charge < -0.3 is 20.1 Å². The number of rotatable bonds is 50. The first-order valence-electron chi connectivity index (χ1n) is 27.6. The highest BCUT2D eigenvalue weighted by Gasteiger charge is 2.32. The molecular weight excluding hydrogens is 785 g/mol. The van der Waals surface area contributed by atoms with Crippen LogP contribution in [0.25, 0.3) is 0 Å². The molecule has 0 aliphatic rings. The van der Waals surface area contributed by atoms with Gasteiger partial charge in [0, 0.05) is 19.4 Å². The summed E-state index contributed by atoms with van der Waals surface area (Å²) in [7, 11) is 0. The summed E-state index contributed by atoms with van der Waals surface area (Å²) in [5.41, 5.74) is 0. The van der Waals surface area contributed by atoms with Crippen LogP contribution in [0.4, 0.5) is 0 Å². The van der Waals surface area contributed by atoms with Crippen molar-refractivity contribution in [3.63, 3.8) is 0 Å². The third kappa shape index (κ3) is 51.0. The lowest BCUT2D eigenvalue weighted by molar-refractivity contribution is -0.148. The lowest BCUT2D eigenvalue weighted by Crippen LogP contribution is -2.31. The van der Waals surface area contributed by atoms with Crippen LogP contribution < -0.4 is 0 Å². The van der Waals surface area contributed by atoms with Crippen molar-refractivity contribution in [3.8, 4) is 0 Å². The van der Waals surface area contributed by atoms with Gasteiger partial charge in [-0.3, -0.25) is 14.4 Å². The molecule has 0 bridgehead atoms. The van der Waals surface area contributed by atoms with Gasteiger partial charge in [0.1, 0.15) is 0 Å². The van der Waals surface area contributed by atoms with E-state index >= 15 is 0 Å².